The van der Waals surface area contributed by atoms with Crippen LogP contribution in [0.5, 0.6) is 5.75 Å². The van der Waals surface area contributed by atoms with Crippen molar-refractivity contribution in [2.75, 3.05) is 11.9 Å². The Balaban J connectivity index is 1.42. The number of aromatic nitrogens is 3. The zero-order chi connectivity index (χ0) is 21.5. The van der Waals surface area contributed by atoms with Crippen LogP contribution in [0, 0.1) is 0 Å². The van der Waals surface area contributed by atoms with Crippen LogP contribution in [0.25, 0.3) is 11.5 Å². The minimum absolute atomic E-state index is 0.143. The number of carbonyl (C=O) groups excluding carboxylic acids is 1. The van der Waals surface area contributed by atoms with E-state index in [-0.39, 0.29) is 12.5 Å². The number of carbonyl (C=O) groups is 1. The number of hydrogen-bond donors (Lipinski definition) is 1. The van der Waals surface area contributed by atoms with E-state index in [0.29, 0.717) is 23.9 Å². The molecule has 0 atom stereocenters. The quantitative estimate of drug-likeness (QED) is 0.415. The number of nitrogens with zero attached hydrogens (tertiary/aromatic N) is 3. The van der Waals surface area contributed by atoms with E-state index < -0.39 is 5.97 Å². The molecule has 0 fully saturated rings. The molecular weight excluding hydrogens is 396 g/mol. The number of anilines is 2. The Morgan fingerprint density at radius 1 is 1.00 bits per heavy atom. The van der Waals surface area contributed by atoms with Gasteiger partial charge in [-0.25, -0.2) is 9.78 Å². The summed E-state index contributed by atoms with van der Waals surface area (Å²) in [4.78, 5) is 16.9. The van der Waals surface area contributed by atoms with E-state index in [1.165, 1.54) is 0 Å². The van der Waals surface area contributed by atoms with Crippen LogP contribution in [-0.4, -0.2) is 27.8 Å². The van der Waals surface area contributed by atoms with Crippen molar-refractivity contribution in [1.29, 1.82) is 0 Å². The van der Waals surface area contributed by atoms with Crippen molar-refractivity contribution in [3.8, 4) is 17.2 Å². The predicted molar refractivity (Wildman–Crippen MR) is 114 cm³/mol. The van der Waals surface area contributed by atoms with Gasteiger partial charge in [-0.3, -0.25) is 0 Å². The van der Waals surface area contributed by atoms with Gasteiger partial charge in [0.05, 0.1) is 6.61 Å². The Kier molecular flexibility index (Phi) is 6.18. The highest BCUT2D eigenvalue weighted by Gasteiger charge is 2.16. The van der Waals surface area contributed by atoms with Crippen molar-refractivity contribution >= 4 is 17.5 Å². The summed E-state index contributed by atoms with van der Waals surface area (Å²) in [5.41, 5.74) is 1.85. The SMILES string of the molecule is CCOc1ccc(Nc2ncccc2C(=O)OCc2nnc(-c3ccccc3)o2)cc1. The van der Waals surface area contributed by atoms with Crippen molar-refractivity contribution in [2.45, 2.75) is 13.5 Å². The minimum atomic E-state index is -0.555. The molecule has 0 spiro atoms. The molecule has 0 aliphatic rings. The monoisotopic (exact) mass is 416 g/mol. The lowest BCUT2D eigenvalue weighted by Gasteiger charge is -2.11. The third-order valence-electron chi connectivity index (χ3n) is 4.27. The van der Waals surface area contributed by atoms with Crippen molar-refractivity contribution in [3.63, 3.8) is 0 Å². The van der Waals surface area contributed by atoms with Crippen LogP contribution in [0.15, 0.2) is 77.3 Å². The molecule has 2 heterocycles. The normalized spacial score (nSPS) is 10.5. The third-order valence-corrected chi connectivity index (χ3v) is 4.27. The maximum Gasteiger partial charge on any atom is 0.342 e. The van der Waals surface area contributed by atoms with Crippen LogP contribution in [0.3, 0.4) is 0 Å². The zero-order valence-corrected chi connectivity index (χ0v) is 16.8. The number of esters is 1. The first-order valence-corrected chi connectivity index (χ1v) is 9.73. The highest BCUT2D eigenvalue weighted by molar-refractivity contribution is 5.95. The second-order valence-corrected chi connectivity index (χ2v) is 6.43. The van der Waals surface area contributed by atoms with Crippen molar-refractivity contribution in [3.05, 3.63) is 84.4 Å². The number of nitrogens with one attached hydrogen (secondary N) is 1. The summed E-state index contributed by atoms with van der Waals surface area (Å²) in [6.45, 7) is 2.38. The molecule has 0 bridgehead atoms. The molecule has 4 rings (SSSR count). The van der Waals surface area contributed by atoms with Crippen molar-refractivity contribution < 1.29 is 18.7 Å². The standard InChI is InChI=1S/C23H20N4O4/c1-2-29-18-12-10-17(11-13-18)25-21-19(9-6-14-24-21)23(28)30-15-20-26-27-22(31-20)16-7-4-3-5-8-16/h3-14H,2,15H2,1H3,(H,24,25). The maximum absolute atomic E-state index is 12.6. The topological polar surface area (TPSA) is 99.4 Å². The van der Waals surface area contributed by atoms with E-state index in [2.05, 4.69) is 20.5 Å². The minimum Gasteiger partial charge on any atom is -0.494 e. The average Bonchev–Trinajstić information content (AvgIpc) is 3.29. The van der Waals surface area contributed by atoms with E-state index in [9.17, 15) is 4.79 Å². The van der Waals surface area contributed by atoms with Gasteiger partial charge in [0, 0.05) is 17.4 Å². The Morgan fingerprint density at radius 2 is 1.81 bits per heavy atom. The van der Waals surface area contributed by atoms with Gasteiger partial charge in [-0.2, -0.15) is 0 Å². The second kappa shape index (κ2) is 9.53. The fraction of sp³-hybridized carbons (Fsp3) is 0.130. The molecule has 0 radical (unpaired) electrons. The van der Waals surface area contributed by atoms with Crippen molar-refractivity contribution in [2.24, 2.45) is 0 Å². The van der Waals surface area contributed by atoms with E-state index in [1.807, 2.05) is 61.5 Å². The lowest BCUT2D eigenvalue weighted by atomic mass is 10.2. The smallest absolute Gasteiger partial charge is 0.342 e. The lowest BCUT2D eigenvalue weighted by Crippen LogP contribution is -2.09. The van der Waals surface area contributed by atoms with Crippen LogP contribution >= 0.6 is 0 Å². The molecule has 2 aromatic heterocycles. The molecule has 0 aliphatic carbocycles. The van der Waals surface area contributed by atoms with Gasteiger partial charge in [-0.1, -0.05) is 18.2 Å². The van der Waals surface area contributed by atoms with E-state index in [0.717, 1.165) is 17.0 Å². The first-order valence-electron chi connectivity index (χ1n) is 9.73. The third kappa shape index (κ3) is 5.05. The van der Waals surface area contributed by atoms with Crippen LogP contribution < -0.4 is 10.1 Å². The van der Waals surface area contributed by atoms with Gasteiger partial charge in [0.2, 0.25) is 5.89 Å². The first-order chi connectivity index (χ1) is 15.2. The van der Waals surface area contributed by atoms with Crippen LogP contribution in [0.1, 0.15) is 23.2 Å². The summed E-state index contributed by atoms with van der Waals surface area (Å²) < 4.78 is 16.4. The summed E-state index contributed by atoms with van der Waals surface area (Å²) in [6.07, 6.45) is 1.60. The van der Waals surface area contributed by atoms with Gasteiger partial charge < -0.3 is 19.2 Å². The molecule has 0 amide bonds. The molecule has 4 aromatic rings. The molecule has 0 unspecified atom stereocenters. The number of rotatable bonds is 8. The van der Waals surface area contributed by atoms with E-state index in [4.69, 9.17) is 13.9 Å². The van der Waals surface area contributed by atoms with Crippen LogP contribution in [-0.2, 0) is 11.3 Å². The van der Waals surface area contributed by atoms with Gasteiger partial charge in [0.15, 0.2) is 6.61 Å². The highest BCUT2D eigenvalue weighted by atomic mass is 16.5. The summed E-state index contributed by atoms with van der Waals surface area (Å²) in [6, 6.07) is 20.0. The zero-order valence-electron chi connectivity index (χ0n) is 16.8. The van der Waals surface area contributed by atoms with Gasteiger partial charge in [-0.05, 0) is 55.5 Å². The number of ether oxygens (including phenoxy) is 2. The Morgan fingerprint density at radius 3 is 2.58 bits per heavy atom. The second-order valence-electron chi connectivity index (χ2n) is 6.43. The number of benzene rings is 2. The molecule has 156 valence electrons. The Hall–Kier alpha value is -4.20. The maximum atomic E-state index is 12.6. The summed E-state index contributed by atoms with van der Waals surface area (Å²) in [5, 5.41) is 11.1. The largest absolute Gasteiger partial charge is 0.494 e. The van der Waals surface area contributed by atoms with Gasteiger partial charge >= 0.3 is 5.97 Å². The molecule has 0 aliphatic heterocycles. The van der Waals surface area contributed by atoms with Gasteiger partial charge in [0.25, 0.3) is 5.89 Å². The van der Waals surface area contributed by atoms with E-state index in [1.54, 1.807) is 18.3 Å². The molecule has 2 aromatic carbocycles. The van der Waals surface area contributed by atoms with E-state index >= 15 is 0 Å². The number of pyridine rings is 1. The summed E-state index contributed by atoms with van der Waals surface area (Å²) >= 11 is 0. The lowest BCUT2D eigenvalue weighted by molar-refractivity contribution is 0.0439. The highest BCUT2D eigenvalue weighted by Crippen LogP contribution is 2.22. The fourth-order valence-corrected chi connectivity index (χ4v) is 2.82. The van der Waals surface area contributed by atoms with Gasteiger partial charge in [0.1, 0.15) is 17.1 Å². The molecule has 0 saturated heterocycles. The predicted octanol–water partition coefficient (Wildman–Crippen LogP) is 4.63. The average molecular weight is 416 g/mol. The number of hydrogen-bond acceptors (Lipinski definition) is 8. The summed E-state index contributed by atoms with van der Waals surface area (Å²) in [7, 11) is 0. The van der Waals surface area contributed by atoms with Crippen LogP contribution in [0.4, 0.5) is 11.5 Å². The Labute approximate surface area is 178 Å². The first kappa shape index (κ1) is 20.1. The molecule has 0 saturated carbocycles. The molecule has 8 nitrogen and oxygen atoms in total. The fourth-order valence-electron chi connectivity index (χ4n) is 2.82. The van der Waals surface area contributed by atoms with Crippen LogP contribution in [0.2, 0.25) is 0 Å². The molecule has 31 heavy (non-hydrogen) atoms. The molecular formula is C23H20N4O4. The van der Waals surface area contributed by atoms with Crippen molar-refractivity contribution in [1.82, 2.24) is 15.2 Å². The Bertz CT molecular complexity index is 1140. The van der Waals surface area contributed by atoms with Gasteiger partial charge in [-0.15, -0.1) is 10.2 Å². The molecule has 8 heteroatoms. The molecule has 1 N–H and O–H groups in total. The summed E-state index contributed by atoms with van der Waals surface area (Å²) in [5.74, 6) is 1.17.